The van der Waals surface area contributed by atoms with Gasteiger partial charge in [0.2, 0.25) is 5.91 Å². The Hall–Kier alpha value is -3.55. The maximum absolute atomic E-state index is 13.1. The number of hydrogen-bond donors (Lipinski definition) is 3. The minimum atomic E-state index is -0.675. The van der Waals surface area contributed by atoms with Crippen LogP contribution >= 0.6 is 0 Å². The molecular formula is C27H36N4O4. The summed E-state index contributed by atoms with van der Waals surface area (Å²) in [6.45, 7) is 7.60. The normalized spacial score (nSPS) is 14.8. The van der Waals surface area contributed by atoms with Gasteiger partial charge in [-0.05, 0) is 68.0 Å². The molecule has 0 saturated carbocycles. The third-order valence-corrected chi connectivity index (χ3v) is 6.21. The third kappa shape index (κ3) is 7.47. The number of urea groups is 1. The Morgan fingerprint density at radius 2 is 1.63 bits per heavy atom. The fourth-order valence-corrected chi connectivity index (χ4v) is 4.05. The van der Waals surface area contributed by atoms with E-state index >= 15 is 0 Å². The zero-order valence-electron chi connectivity index (χ0n) is 21.0. The number of piperidine rings is 1. The lowest BCUT2D eigenvalue weighted by Crippen LogP contribution is -2.54. The maximum Gasteiger partial charge on any atom is 0.321 e. The number of hydrogen-bond acceptors (Lipinski definition) is 4. The molecule has 0 bridgehead atoms. The molecule has 8 heteroatoms. The molecule has 1 aliphatic rings. The maximum atomic E-state index is 13.1. The summed E-state index contributed by atoms with van der Waals surface area (Å²) in [6, 6.07) is 13.6. The molecule has 3 rings (SSSR count). The highest BCUT2D eigenvalue weighted by Gasteiger charge is 2.34. The van der Waals surface area contributed by atoms with Crippen molar-refractivity contribution in [2.75, 3.05) is 32.1 Å². The summed E-state index contributed by atoms with van der Waals surface area (Å²) in [5.41, 5.74) is 2.34. The van der Waals surface area contributed by atoms with E-state index in [0.29, 0.717) is 49.7 Å². The first-order valence-electron chi connectivity index (χ1n) is 12.1. The smallest absolute Gasteiger partial charge is 0.321 e. The molecule has 0 aliphatic carbocycles. The lowest BCUT2D eigenvalue weighted by molar-refractivity contribution is -0.124. The number of ether oxygens (including phenoxy) is 1. The Balaban J connectivity index is 1.63. The summed E-state index contributed by atoms with van der Waals surface area (Å²) < 4.78 is 5.16. The van der Waals surface area contributed by atoms with Crippen molar-refractivity contribution in [3.8, 4) is 5.75 Å². The number of aryl methyl sites for hydroxylation is 1. The number of nitrogens with zero attached hydrogens (tertiary/aromatic N) is 1. The second-order valence-electron chi connectivity index (χ2n) is 9.44. The van der Waals surface area contributed by atoms with Crippen LogP contribution in [0.15, 0.2) is 48.5 Å². The van der Waals surface area contributed by atoms with Gasteiger partial charge in [0.1, 0.15) is 11.8 Å². The standard InChI is InChI=1S/C27H36N4O4/c1-18(2)17-28-26(33)24(30-25(32)21-7-11-23(35-4)12-8-21)20-13-15-31(16-14-20)27(34)29-22-9-5-19(3)6-10-22/h5-12,18,20,24H,13-17H2,1-4H3,(H,28,33)(H,29,34)(H,30,32)/t24-/m0/s1. The van der Waals surface area contributed by atoms with Crippen molar-refractivity contribution in [1.29, 1.82) is 0 Å². The van der Waals surface area contributed by atoms with Crippen LogP contribution in [0.5, 0.6) is 5.75 Å². The van der Waals surface area contributed by atoms with Crippen molar-refractivity contribution in [2.24, 2.45) is 11.8 Å². The lowest BCUT2D eigenvalue weighted by atomic mass is 9.88. The molecule has 0 aromatic heterocycles. The zero-order valence-corrected chi connectivity index (χ0v) is 21.0. The SMILES string of the molecule is COc1ccc(C(=O)N[C@H](C(=O)NCC(C)C)C2CCN(C(=O)Nc3ccc(C)cc3)CC2)cc1. The van der Waals surface area contributed by atoms with Crippen LogP contribution in [-0.4, -0.2) is 55.5 Å². The largest absolute Gasteiger partial charge is 0.497 e. The zero-order chi connectivity index (χ0) is 25.4. The molecule has 1 saturated heterocycles. The summed E-state index contributed by atoms with van der Waals surface area (Å²) in [6.07, 6.45) is 1.23. The minimum absolute atomic E-state index is 0.0761. The van der Waals surface area contributed by atoms with E-state index in [1.54, 1.807) is 36.3 Å². The number of benzene rings is 2. The Morgan fingerprint density at radius 1 is 1.00 bits per heavy atom. The minimum Gasteiger partial charge on any atom is -0.497 e. The second kappa shape index (κ2) is 12.2. The van der Waals surface area contributed by atoms with Crippen LogP contribution in [0.4, 0.5) is 10.5 Å². The van der Waals surface area contributed by atoms with Gasteiger partial charge in [-0.15, -0.1) is 0 Å². The molecule has 4 amide bonds. The van der Waals surface area contributed by atoms with Gasteiger partial charge in [0.25, 0.3) is 5.91 Å². The van der Waals surface area contributed by atoms with Gasteiger partial charge < -0.3 is 25.6 Å². The Bertz CT molecular complexity index is 997. The summed E-state index contributed by atoms with van der Waals surface area (Å²) >= 11 is 0. The van der Waals surface area contributed by atoms with Gasteiger partial charge in [-0.2, -0.15) is 0 Å². The van der Waals surface area contributed by atoms with Gasteiger partial charge in [0, 0.05) is 30.9 Å². The number of carbonyl (C=O) groups excluding carboxylic acids is 3. The Morgan fingerprint density at radius 3 is 2.20 bits per heavy atom. The number of methoxy groups -OCH3 is 1. The predicted octanol–water partition coefficient (Wildman–Crippen LogP) is 3.82. The molecule has 1 fully saturated rings. The van der Waals surface area contributed by atoms with Crippen LogP contribution in [0.3, 0.4) is 0 Å². The summed E-state index contributed by atoms with van der Waals surface area (Å²) in [7, 11) is 1.57. The number of carbonyl (C=O) groups is 3. The average molecular weight is 481 g/mol. The van der Waals surface area contributed by atoms with Crippen LogP contribution in [0.25, 0.3) is 0 Å². The third-order valence-electron chi connectivity index (χ3n) is 6.21. The summed E-state index contributed by atoms with van der Waals surface area (Å²) in [4.78, 5) is 40.5. The van der Waals surface area contributed by atoms with Gasteiger partial charge in [0.05, 0.1) is 7.11 Å². The molecular weight excluding hydrogens is 444 g/mol. The fourth-order valence-electron chi connectivity index (χ4n) is 4.05. The molecule has 0 unspecified atom stereocenters. The van der Waals surface area contributed by atoms with Crippen LogP contribution in [0, 0.1) is 18.8 Å². The summed E-state index contributed by atoms with van der Waals surface area (Å²) in [5, 5.41) is 8.83. The molecule has 1 heterocycles. The number of anilines is 1. The first-order valence-corrected chi connectivity index (χ1v) is 12.1. The molecule has 3 N–H and O–H groups in total. The van der Waals surface area contributed by atoms with E-state index in [2.05, 4.69) is 16.0 Å². The molecule has 1 atom stereocenters. The highest BCUT2D eigenvalue weighted by molar-refractivity contribution is 5.97. The molecule has 35 heavy (non-hydrogen) atoms. The van der Waals surface area contributed by atoms with Crippen molar-refractivity contribution < 1.29 is 19.1 Å². The average Bonchev–Trinajstić information content (AvgIpc) is 2.87. The molecule has 2 aromatic rings. The van der Waals surface area contributed by atoms with E-state index in [9.17, 15) is 14.4 Å². The van der Waals surface area contributed by atoms with Gasteiger partial charge in [-0.1, -0.05) is 31.5 Å². The van der Waals surface area contributed by atoms with E-state index in [0.717, 1.165) is 11.3 Å². The van der Waals surface area contributed by atoms with E-state index < -0.39 is 6.04 Å². The van der Waals surface area contributed by atoms with Crippen molar-refractivity contribution in [1.82, 2.24) is 15.5 Å². The van der Waals surface area contributed by atoms with Crippen molar-refractivity contribution in [2.45, 2.75) is 39.7 Å². The second-order valence-corrected chi connectivity index (χ2v) is 9.44. The molecule has 188 valence electrons. The molecule has 0 spiro atoms. The van der Waals surface area contributed by atoms with Gasteiger partial charge in [-0.25, -0.2) is 4.79 Å². The number of rotatable bonds is 8. The number of amides is 4. The quantitative estimate of drug-likeness (QED) is 0.535. The topological polar surface area (TPSA) is 99.8 Å². The van der Waals surface area contributed by atoms with E-state index in [1.807, 2.05) is 45.0 Å². The molecule has 2 aromatic carbocycles. The molecule has 8 nitrogen and oxygen atoms in total. The highest BCUT2D eigenvalue weighted by atomic mass is 16.5. The first-order chi connectivity index (χ1) is 16.8. The summed E-state index contributed by atoms with van der Waals surface area (Å²) in [5.74, 6) is 0.376. The van der Waals surface area contributed by atoms with Gasteiger partial charge >= 0.3 is 6.03 Å². The Labute approximate surface area is 207 Å². The van der Waals surface area contributed by atoms with Crippen molar-refractivity contribution in [3.05, 3.63) is 59.7 Å². The number of nitrogens with one attached hydrogen (secondary N) is 3. The predicted molar refractivity (Wildman–Crippen MR) is 137 cm³/mol. The first kappa shape index (κ1) is 26.1. The van der Waals surface area contributed by atoms with Gasteiger partial charge in [0.15, 0.2) is 0 Å². The van der Waals surface area contributed by atoms with Gasteiger partial charge in [-0.3, -0.25) is 9.59 Å². The highest BCUT2D eigenvalue weighted by Crippen LogP contribution is 2.23. The van der Waals surface area contributed by atoms with Crippen molar-refractivity contribution >= 4 is 23.5 Å². The van der Waals surface area contributed by atoms with E-state index in [-0.39, 0.29) is 23.8 Å². The van der Waals surface area contributed by atoms with E-state index in [1.165, 1.54) is 0 Å². The van der Waals surface area contributed by atoms with E-state index in [4.69, 9.17) is 4.74 Å². The van der Waals surface area contributed by atoms with Crippen LogP contribution < -0.4 is 20.7 Å². The lowest BCUT2D eigenvalue weighted by Gasteiger charge is -2.36. The fraction of sp³-hybridized carbons (Fsp3) is 0.444. The van der Waals surface area contributed by atoms with Crippen LogP contribution in [-0.2, 0) is 4.79 Å². The molecule has 1 aliphatic heterocycles. The van der Waals surface area contributed by atoms with Crippen molar-refractivity contribution in [3.63, 3.8) is 0 Å². The Kier molecular flexibility index (Phi) is 9.11. The van der Waals surface area contributed by atoms with Crippen LogP contribution in [0.1, 0.15) is 42.6 Å². The van der Waals surface area contributed by atoms with Crippen LogP contribution in [0.2, 0.25) is 0 Å². The molecule has 0 radical (unpaired) electrons. The number of likely N-dealkylation sites (tertiary alicyclic amines) is 1. The monoisotopic (exact) mass is 480 g/mol.